The summed E-state index contributed by atoms with van der Waals surface area (Å²) in [5.41, 5.74) is 5.31. The van der Waals surface area contributed by atoms with Crippen LogP contribution in [0.4, 0.5) is 0 Å². The highest BCUT2D eigenvalue weighted by Gasteiger charge is 2.12. The van der Waals surface area contributed by atoms with Gasteiger partial charge in [0.2, 0.25) is 0 Å². The van der Waals surface area contributed by atoms with E-state index in [1.54, 1.807) is 0 Å². The Morgan fingerprint density at radius 2 is 2.18 bits per heavy atom. The van der Waals surface area contributed by atoms with Gasteiger partial charge in [-0.25, -0.2) is 0 Å². The number of hydrogen-bond donors (Lipinski definition) is 1. The maximum Gasteiger partial charge on any atom is 0.302 e. The molecule has 0 spiro atoms. The van der Waals surface area contributed by atoms with Crippen LogP contribution in [-0.4, -0.2) is 37.5 Å². The van der Waals surface area contributed by atoms with E-state index in [1.807, 2.05) is 19.0 Å². The van der Waals surface area contributed by atoms with E-state index in [1.165, 1.54) is 0 Å². The summed E-state index contributed by atoms with van der Waals surface area (Å²) in [5, 5.41) is 2.23. The van der Waals surface area contributed by atoms with Crippen molar-refractivity contribution >= 4 is 5.91 Å². The van der Waals surface area contributed by atoms with Crippen LogP contribution in [0, 0.1) is 4.91 Å². The molecule has 0 aliphatic rings. The number of amides is 1. The molecule has 0 saturated heterocycles. The van der Waals surface area contributed by atoms with Crippen molar-refractivity contribution in [1.29, 1.82) is 0 Å². The average molecular weight is 159 g/mol. The second-order valence-corrected chi connectivity index (χ2v) is 2.63. The fourth-order valence-electron chi connectivity index (χ4n) is 0.588. The number of carbonyl (C=O) groups is 1. The first-order valence-electron chi connectivity index (χ1n) is 3.35. The van der Waals surface area contributed by atoms with Gasteiger partial charge >= 0.3 is 5.91 Å². The molecule has 0 saturated carbocycles. The summed E-state index contributed by atoms with van der Waals surface area (Å²) in [6.45, 7) is 0.683. The minimum atomic E-state index is -0.771. The lowest BCUT2D eigenvalue weighted by molar-refractivity contribution is -0.119. The maximum atomic E-state index is 10.5. The predicted octanol–water partition coefficient (Wildman–Crippen LogP) is -0.442. The number of carbonyl (C=O) groups excluding carboxylic acids is 1. The van der Waals surface area contributed by atoms with E-state index in [4.69, 9.17) is 5.73 Å². The number of hydrogen-bond acceptors (Lipinski definition) is 4. The highest BCUT2D eigenvalue weighted by molar-refractivity contribution is 5.81. The molecule has 5 heteroatoms. The van der Waals surface area contributed by atoms with Gasteiger partial charge in [0.15, 0.2) is 0 Å². The zero-order valence-corrected chi connectivity index (χ0v) is 6.78. The first-order chi connectivity index (χ1) is 5.07. The van der Waals surface area contributed by atoms with Gasteiger partial charge in [-0.3, -0.25) is 4.79 Å². The van der Waals surface area contributed by atoms with E-state index < -0.39 is 11.9 Å². The lowest BCUT2D eigenvalue weighted by atomic mass is 10.2. The molecule has 5 nitrogen and oxygen atoms in total. The molecular weight excluding hydrogens is 146 g/mol. The number of rotatable bonds is 4. The maximum absolute atomic E-state index is 10.5. The van der Waals surface area contributed by atoms with Crippen molar-refractivity contribution in [3.8, 4) is 0 Å². The first-order valence-corrected chi connectivity index (χ1v) is 3.35. The van der Waals surface area contributed by atoms with Crippen molar-refractivity contribution in [1.82, 2.24) is 4.90 Å². The third kappa shape index (κ3) is 4.58. The van der Waals surface area contributed by atoms with Gasteiger partial charge in [0.25, 0.3) is 0 Å². The molecule has 0 heterocycles. The summed E-state index contributed by atoms with van der Waals surface area (Å²) in [4.78, 5) is 22.1. The molecule has 1 amide bonds. The van der Waals surface area contributed by atoms with Gasteiger partial charge in [-0.1, -0.05) is 0 Å². The Balaban J connectivity index is 3.60. The van der Waals surface area contributed by atoms with Gasteiger partial charge < -0.3 is 10.6 Å². The Hall–Kier alpha value is -0.810. The number of nitrogens with two attached hydrogens (primary N) is 1. The molecule has 0 aromatic carbocycles. The van der Waals surface area contributed by atoms with Crippen LogP contribution < -0.4 is 5.73 Å². The molecule has 1 atom stereocenters. The van der Waals surface area contributed by atoms with Crippen LogP contribution in [-0.2, 0) is 4.79 Å². The smallest absolute Gasteiger partial charge is 0.302 e. The Morgan fingerprint density at radius 1 is 1.64 bits per heavy atom. The second-order valence-electron chi connectivity index (χ2n) is 2.63. The molecule has 0 radical (unpaired) electrons. The van der Waals surface area contributed by atoms with Crippen molar-refractivity contribution in [2.45, 2.75) is 12.5 Å². The summed E-state index contributed by atoms with van der Waals surface area (Å²) in [6.07, 6.45) is 0.470. The Bertz CT molecular complexity index is 147. The predicted molar refractivity (Wildman–Crippen MR) is 41.9 cm³/mol. The lowest BCUT2D eigenvalue weighted by Gasteiger charge is -2.10. The first kappa shape index (κ1) is 10.2. The van der Waals surface area contributed by atoms with Crippen molar-refractivity contribution < 1.29 is 4.79 Å². The summed E-state index contributed by atoms with van der Waals surface area (Å²) in [6, 6.07) is -0.741. The van der Waals surface area contributed by atoms with Gasteiger partial charge in [-0.2, -0.15) is 0 Å². The van der Waals surface area contributed by atoms with E-state index in [0.29, 0.717) is 13.0 Å². The average Bonchev–Trinajstić information content (AvgIpc) is 1.98. The standard InChI is InChI=1S/C6H13N3O2/c1-9(2)4-3-5(7)6(10)8-11/h5H,3-4,7H2,1-2H3/t5-/m1/s1. The van der Waals surface area contributed by atoms with Crippen LogP contribution in [0.15, 0.2) is 5.18 Å². The van der Waals surface area contributed by atoms with Crippen molar-refractivity contribution in [2.75, 3.05) is 20.6 Å². The quantitative estimate of drug-likeness (QED) is 0.564. The van der Waals surface area contributed by atoms with Gasteiger partial charge in [-0.15, -0.1) is 4.91 Å². The lowest BCUT2D eigenvalue weighted by Crippen LogP contribution is -2.32. The summed E-state index contributed by atoms with van der Waals surface area (Å²) in [7, 11) is 3.73. The molecule has 0 fully saturated rings. The third-order valence-corrected chi connectivity index (χ3v) is 1.29. The molecule has 0 aromatic heterocycles. The van der Waals surface area contributed by atoms with Crippen LogP contribution in [0.25, 0.3) is 0 Å². The zero-order chi connectivity index (χ0) is 8.85. The van der Waals surface area contributed by atoms with Crippen LogP contribution in [0.2, 0.25) is 0 Å². The Kier molecular flexibility index (Phi) is 4.56. The monoisotopic (exact) mass is 159 g/mol. The fourth-order valence-corrected chi connectivity index (χ4v) is 0.588. The van der Waals surface area contributed by atoms with Crippen LogP contribution in [0.5, 0.6) is 0 Å². The fraction of sp³-hybridized carbons (Fsp3) is 0.833. The molecule has 0 unspecified atom stereocenters. The molecular formula is C6H13N3O2. The van der Waals surface area contributed by atoms with Crippen molar-refractivity contribution in [3.05, 3.63) is 4.91 Å². The number of nitroso groups, excluding NO2 is 1. The van der Waals surface area contributed by atoms with E-state index in [9.17, 15) is 9.70 Å². The molecule has 0 aromatic rings. The van der Waals surface area contributed by atoms with Crippen LogP contribution in [0.3, 0.4) is 0 Å². The van der Waals surface area contributed by atoms with E-state index >= 15 is 0 Å². The van der Waals surface area contributed by atoms with Crippen LogP contribution >= 0.6 is 0 Å². The van der Waals surface area contributed by atoms with Gasteiger partial charge in [0.1, 0.15) is 0 Å². The zero-order valence-electron chi connectivity index (χ0n) is 6.78. The van der Waals surface area contributed by atoms with Crippen LogP contribution in [0.1, 0.15) is 6.42 Å². The molecule has 64 valence electrons. The number of nitrogens with zero attached hydrogens (tertiary/aromatic N) is 2. The second kappa shape index (κ2) is 4.92. The van der Waals surface area contributed by atoms with Crippen molar-refractivity contribution in [3.63, 3.8) is 0 Å². The van der Waals surface area contributed by atoms with E-state index in [2.05, 4.69) is 5.18 Å². The Morgan fingerprint density at radius 3 is 2.55 bits per heavy atom. The summed E-state index contributed by atoms with van der Waals surface area (Å²) < 4.78 is 0. The molecule has 0 bridgehead atoms. The van der Waals surface area contributed by atoms with Gasteiger partial charge in [-0.05, 0) is 27.1 Å². The molecule has 2 N–H and O–H groups in total. The largest absolute Gasteiger partial charge is 0.320 e. The normalized spacial score (nSPS) is 13.1. The van der Waals surface area contributed by atoms with Gasteiger partial charge in [0, 0.05) is 5.18 Å². The molecule has 0 aliphatic heterocycles. The highest BCUT2D eigenvalue weighted by atomic mass is 16.3. The molecule has 11 heavy (non-hydrogen) atoms. The minimum Gasteiger partial charge on any atom is -0.320 e. The summed E-state index contributed by atoms with van der Waals surface area (Å²) >= 11 is 0. The summed E-state index contributed by atoms with van der Waals surface area (Å²) in [5.74, 6) is -0.771. The van der Waals surface area contributed by atoms with E-state index in [-0.39, 0.29) is 0 Å². The SMILES string of the molecule is CN(C)CC[C@@H](N)C(=O)N=O. The van der Waals surface area contributed by atoms with Gasteiger partial charge in [0.05, 0.1) is 6.04 Å². The molecule has 0 rings (SSSR count). The topological polar surface area (TPSA) is 75.8 Å². The highest BCUT2D eigenvalue weighted by Crippen LogP contribution is 1.92. The Labute approximate surface area is 65.5 Å². The van der Waals surface area contributed by atoms with E-state index in [0.717, 1.165) is 0 Å². The minimum absolute atomic E-state index is 0.470. The van der Waals surface area contributed by atoms with Crippen molar-refractivity contribution in [2.24, 2.45) is 10.9 Å². The third-order valence-electron chi connectivity index (χ3n) is 1.29. The molecule has 0 aliphatic carbocycles.